The largest absolute Gasteiger partial charge is 0.374 e. The number of halogens is 4. The first kappa shape index (κ1) is 45.9. The molecule has 14 heteroatoms. The van der Waals surface area contributed by atoms with E-state index in [9.17, 15) is 17.6 Å². The maximum atomic E-state index is 14.1. The predicted molar refractivity (Wildman–Crippen MR) is 228 cm³/mol. The molecule has 60 heavy (non-hydrogen) atoms. The highest BCUT2D eigenvalue weighted by molar-refractivity contribution is 5.35. The Bertz CT molecular complexity index is 1610. The van der Waals surface area contributed by atoms with Crippen molar-refractivity contribution in [3.63, 3.8) is 0 Å². The number of hydrogen-bond donors (Lipinski definition) is 2. The normalized spacial score (nSPS) is 28.6. The van der Waals surface area contributed by atoms with Crippen molar-refractivity contribution in [2.75, 3.05) is 67.6 Å². The molecule has 0 unspecified atom stereocenters. The van der Waals surface area contributed by atoms with E-state index in [4.69, 9.17) is 9.47 Å². The molecule has 2 aliphatic carbocycles. The molecule has 340 valence electrons. The molecule has 6 heterocycles. The fourth-order valence-corrected chi connectivity index (χ4v) is 11.0. The van der Waals surface area contributed by atoms with Crippen LogP contribution in [0, 0.1) is 10.8 Å². The minimum Gasteiger partial charge on any atom is -0.374 e. The van der Waals surface area contributed by atoms with Crippen molar-refractivity contribution in [1.29, 1.82) is 0 Å². The fraction of sp³-hybridized carbons (Fsp3) is 0.870. The smallest absolute Gasteiger partial charge is 0.272 e. The number of nitrogens with one attached hydrogen (secondary N) is 2. The molecule has 6 aliphatic rings. The third kappa shape index (κ3) is 10.6. The van der Waals surface area contributed by atoms with Crippen molar-refractivity contribution in [2.24, 2.45) is 10.8 Å². The summed E-state index contributed by atoms with van der Waals surface area (Å²) in [5.41, 5.74) is 6.37. The van der Waals surface area contributed by atoms with Gasteiger partial charge in [-0.05, 0) is 128 Å². The summed E-state index contributed by atoms with van der Waals surface area (Å²) in [6.45, 7) is 15.3. The van der Waals surface area contributed by atoms with Crippen molar-refractivity contribution in [2.45, 2.75) is 179 Å². The molecule has 0 aromatic carbocycles. The van der Waals surface area contributed by atoms with E-state index in [0.29, 0.717) is 11.8 Å². The monoisotopic (exact) mass is 849 g/mol. The number of rotatable bonds is 12. The van der Waals surface area contributed by atoms with Gasteiger partial charge in [0.1, 0.15) is 13.1 Å². The molecule has 2 aromatic heterocycles. The van der Waals surface area contributed by atoms with Gasteiger partial charge in [0.2, 0.25) is 0 Å². The van der Waals surface area contributed by atoms with Gasteiger partial charge in [-0.3, -0.25) is 19.2 Å². The van der Waals surface area contributed by atoms with E-state index in [-0.39, 0.29) is 48.0 Å². The minimum absolute atomic E-state index is 0.00996. The van der Waals surface area contributed by atoms with Crippen LogP contribution in [0.4, 0.5) is 17.6 Å². The van der Waals surface area contributed by atoms with Gasteiger partial charge in [-0.15, -0.1) is 0 Å². The molecular weight excluding hydrogens is 773 g/mol. The summed E-state index contributed by atoms with van der Waals surface area (Å²) in [7, 11) is 8.04. The van der Waals surface area contributed by atoms with E-state index in [1.165, 1.54) is 12.8 Å². The number of ether oxygens (including phenoxy) is 2. The highest BCUT2D eigenvalue weighted by atomic mass is 19.3. The molecule has 0 bridgehead atoms. The minimum atomic E-state index is -2.67. The number of nitrogens with zero attached hydrogens (tertiary/aromatic N) is 6. The first-order chi connectivity index (χ1) is 28.2. The molecule has 2 saturated heterocycles. The van der Waals surface area contributed by atoms with Crippen LogP contribution in [0.3, 0.4) is 0 Å². The third-order valence-corrected chi connectivity index (χ3v) is 15.0. The van der Waals surface area contributed by atoms with Crippen molar-refractivity contribution in [3.05, 3.63) is 33.9 Å². The van der Waals surface area contributed by atoms with Gasteiger partial charge in [0.05, 0.1) is 48.6 Å². The van der Waals surface area contributed by atoms with E-state index in [1.807, 2.05) is 14.1 Å². The second kappa shape index (κ2) is 17.8. The molecule has 0 amide bonds. The number of alkyl halides is 4. The van der Waals surface area contributed by atoms with Crippen LogP contribution in [0.2, 0.25) is 0 Å². The summed E-state index contributed by atoms with van der Waals surface area (Å²) in [5, 5.41) is 15.7. The maximum absolute atomic E-state index is 14.1. The van der Waals surface area contributed by atoms with Gasteiger partial charge < -0.3 is 20.1 Å². The van der Waals surface area contributed by atoms with Gasteiger partial charge in [-0.25, -0.2) is 17.6 Å². The Hall–Kier alpha value is -2.10. The molecule has 10 nitrogen and oxygen atoms in total. The number of likely N-dealkylation sites (N-methyl/N-ethyl adjacent to an activating group) is 4. The van der Waals surface area contributed by atoms with Crippen LogP contribution >= 0.6 is 0 Å². The number of hydrogen-bond acceptors (Lipinski definition) is 8. The van der Waals surface area contributed by atoms with Crippen molar-refractivity contribution in [3.8, 4) is 0 Å². The van der Waals surface area contributed by atoms with E-state index < -0.39 is 11.8 Å². The van der Waals surface area contributed by atoms with Crippen LogP contribution in [-0.2, 0) is 48.5 Å². The van der Waals surface area contributed by atoms with Crippen molar-refractivity contribution < 1.29 is 27.0 Å². The molecule has 0 atom stereocenters. The second-order valence-corrected chi connectivity index (χ2v) is 21.5. The van der Waals surface area contributed by atoms with Gasteiger partial charge in [0.25, 0.3) is 11.8 Å². The summed E-state index contributed by atoms with van der Waals surface area (Å²) in [4.78, 5) is 4.46. The number of aromatic nitrogens is 4. The topological polar surface area (TPSA) is 84.6 Å². The van der Waals surface area contributed by atoms with E-state index in [1.54, 1.807) is 9.36 Å². The van der Waals surface area contributed by atoms with E-state index in [2.05, 4.69) is 72.4 Å². The molecule has 4 fully saturated rings. The Morgan fingerprint density at radius 2 is 0.967 bits per heavy atom. The van der Waals surface area contributed by atoms with Gasteiger partial charge in [0.15, 0.2) is 0 Å². The summed E-state index contributed by atoms with van der Waals surface area (Å²) in [5.74, 6) is -4.69. The Morgan fingerprint density at radius 1 is 0.600 bits per heavy atom. The summed E-state index contributed by atoms with van der Waals surface area (Å²) < 4.78 is 72.5. The van der Waals surface area contributed by atoms with Crippen LogP contribution in [-0.4, -0.2) is 120 Å². The van der Waals surface area contributed by atoms with Crippen LogP contribution < -0.4 is 10.6 Å². The molecule has 2 saturated carbocycles. The Morgan fingerprint density at radius 3 is 1.28 bits per heavy atom. The lowest BCUT2D eigenvalue weighted by atomic mass is 9.70. The van der Waals surface area contributed by atoms with E-state index in [0.717, 1.165) is 151 Å². The lowest BCUT2D eigenvalue weighted by molar-refractivity contribution is -0.142. The Labute approximate surface area is 357 Å². The Balaban J connectivity index is 0.000000181. The standard InChI is InChI=1S/2C23H38F2N4O/c2*1-21(2)9-10-22(30-16-21)7-5-17(6-8-22)20-18(14-28(4)12-11-26-3)27-29-15-23(24,25)13-19(20)29/h2*17,26H,5-16H2,1-4H3. The van der Waals surface area contributed by atoms with Gasteiger partial charge in [-0.2, -0.15) is 10.2 Å². The van der Waals surface area contributed by atoms with Crippen LogP contribution in [0.25, 0.3) is 0 Å². The zero-order valence-corrected chi connectivity index (χ0v) is 38.1. The lowest BCUT2D eigenvalue weighted by Crippen LogP contribution is -2.44. The van der Waals surface area contributed by atoms with Crippen LogP contribution in [0.5, 0.6) is 0 Å². The molecular formula is C46H76F4N8O2. The van der Waals surface area contributed by atoms with Gasteiger partial charge in [-0.1, -0.05) is 27.7 Å². The first-order valence-electron chi connectivity index (χ1n) is 23.1. The molecule has 2 N–H and O–H groups in total. The van der Waals surface area contributed by atoms with Crippen molar-refractivity contribution >= 4 is 0 Å². The average molecular weight is 849 g/mol. The number of fused-ring (bicyclic) bond motifs is 2. The SMILES string of the molecule is CNCCN(C)Cc1nn2c(c1C1CCC3(CC1)CCC(C)(C)CO3)CC(F)(F)C2.CNCCN(C)Cc1nn2c(c1C1CCC3(CC1)CCC(C)(C)CO3)CC(F)(F)C2. The molecule has 2 spiro atoms. The summed E-state index contributed by atoms with van der Waals surface area (Å²) in [6, 6.07) is 0. The predicted octanol–water partition coefficient (Wildman–Crippen LogP) is 7.92. The second-order valence-electron chi connectivity index (χ2n) is 21.5. The molecule has 4 aliphatic heterocycles. The Kier molecular flexibility index (Phi) is 13.6. The average Bonchev–Trinajstić information content (AvgIpc) is 3.87. The van der Waals surface area contributed by atoms with Gasteiger partial charge >= 0.3 is 0 Å². The first-order valence-corrected chi connectivity index (χ1v) is 23.1. The quantitative estimate of drug-likeness (QED) is 0.209. The summed E-state index contributed by atoms with van der Waals surface area (Å²) in [6.07, 6.45) is 12.5. The molecule has 0 radical (unpaired) electrons. The van der Waals surface area contributed by atoms with E-state index >= 15 is 0 Å². The highest BCUT2D eigenvalue weighted by Gasteiger charge is 2.48. The van der Waals surface area contributed by atoms with Crippen LogP contribution in [0.15, 0.2) is 0 Å². The maximum Gasteiger partial charge on any atom is 0.272 e. The third-order valence-electron chi connectivity index (χ3n) is 15.0. The highest BCUT2D eigenvalue weighted by Crippen LogP contribution is 2.51. The molecule has 8 rings (SSSR count). The van der Waals surface area contributed by atoms with Gasteiger partial charge in [0, 0.05) is 61.8 Å². The lowest BCUT2D eigenvalue weighted by Gasteiger charge is -2.47. The molecule has 2 aromatic rings. The van der Waals surface area contributed by atoms with Crippen LogP contribution in [0.1, 0.15) is 150 Å². The fourth-order valence-electron chi connectivity index (χ4n) is 11.0. The zero-order chi connectivity index (χ0) is 43.1. The summed E-state index contributed by atoms with van der Waals surface area (Å²) >= 11 is 0. The zero-order valence-electron chi connectivity index (χ0n) is 38.1. The van der Waals surface area contributed by atoms with Crippen molar-refractivity contribution in [1.82, 2.24) is 40.0 Å².